The Labute approximate surface area is 97.1 Å². The Balaban J connectivity index is 3.14. The lowest BCUT2D eigenvalue weighted by atomic mass is 10.1. The van der Waals surface area contributed by atoms with Gasteiger partial charge in [0.05, 0.1) is 0 Å². The molecule has 1 atom stereocenters. The van der Waals surface area contributed by atoms with Crippen LogP contribution in [0.3, 0.4) is 0 Å². The average molecular weight is 223 g/mol. The van der Waals surface area contributed by atoms with Crippen LogP contribution >= 0.6 is 0 Å². The molecule has 3 heteroatoms. The Morgan fingerprint density at radius 2 is 2.00 bits per heavy atom. The first-order valence-electron chi connectivity index (χ1n) is 5.90. The van der Waals surface area contributed by atoms with E-state index in [4.69, 9.17) is 5.11 Å². The molecule has 0 aromatic carbocycles. The monoisotopic (exact) mass is 223 g/mol. The van der Waals surface area contributed by atoms with Crippen molar-refractivity contribution in [2.45, 2.75) is 46.6 Å². The van der Waals surface area contributed by atoms with E-state index < -0.39 is 5.97 Å². The van der Waals surface area contributed by atoms with Crippen LogP contribution in [0.1, 0.15) is 56.3 Å². The Morgan fingerprint density at radius 1 is 1.38 bits per heavy atom. The van der Waals surface area contributed by atoms with Crippen molar-refractivity contribution in [1.29, 1.82) is 0 Å². The van der Waals surface area contributed by atoms with E-state index in [1.165, 1.54) is 0 Å². The van der Waals surface area contributed by atoms with Gasteiger partial charge in [-0.3, -0.25) is 0 Å². The van der Waals surface area contributed by atoms with E-state index in [0.717, 1.165) is 18.5 Å². The quantitative estimate of drug-likeness (QED) is 0.831. The van der Waals surface area contributed by atoms with Crippen LogP contribution in [0.15, 0.2) is 12.1 Å². The van der Waals surface area contributed by atoms with E-state index in [9.17, 15) is 4.79 Å². The Morgan fingerprint density at radius 3 is 2.44 bits per heavy atom. The van der Waals surface area contributed by atoms with Crippen LogP contribution in [0.2, 0.25) is 0 Å². The Bertz CT molecular complexity index is 366. The number of carboxylic acids is 1. The van der Waals surface area contributed by atoms with Crippen molar-refractivity contribution in [3.63, 3.8) is 0 Å². The lowest BCUT2D eigenvalue weighted by Crippen LogP contribution is -2.15. The molecule has 0 aliphatic rings. The van der Waals surface area contributed by atoms with E-state index in [1.54, 1.807) is 6.07 Å². The second-order valence-corrected chi connectivity index (χ2v) is 4.74. The van der Waals surface area contributed by atoms with Gasteiger partial charge < -0.3 is 9.67 Å². The zero-order valence-corrected chi connectivity index (χ0v) is 10.5. The maximum atomic E-state index is 11.1. The molecule has 0 saturated heterocycles. The van der Waals surface area contributed by atoms with Crippen LogP contribution in [0.4, 0.5) is 0 Å². The van der Waals surface area contributed by atoms with Gasteiger partial charge in [-0.2, -0.15) is 0 Å². The van der Waals surface area contributed by atoms with Gasteiger partial charge in [0.2, 0.25) is 0 Å². The summed E-state index contributed by atoms with van der Waals surface area (Å²) in [6.07, 6.45) is 1.87. The highest BCUT2D eigenvalue weighted by atomic mass is 16.4. The van der Waals surface area contributed by atoms with Crippen molar-refractivity contribution in [3.05, 3.63) is 23.5 Å². The van der Waals surface area contributed by atoms with Crippen LogP contribution in [-0.2, 0) is 6.42 Å². The van der Waals surface area contributed by atoms with Gasteiger partial charge in [0.15, 0.2) is 0 Å². The molecule has 0 amide bonds. The summed E-state index contributed by atoms with van der Waals surface area (Å²) in [7, 11) is 0. The first-order valence-corrected chi connectivity index (χ1v) is 5.90. The maximum absolute atomic E-state index is 11.1. The minimum Gasteiger partial charge on any atom is -0.477 e. The molecule has 0 saturated carbocycles. The summed E-state index contributed by atoms with van der Waals surface area (Å²) in [5.41, 5.74) is 1.53. The molecule has 1 heterocycles. The smallest absolute Gasteiger partial charge is 0.352 e. The van der Waals surface area contributed by atoms with Crippen LogP contribution in [-0.4, -0.2) is 15.6 Å². The Kier molecular flexibility index (Phi) is 4.16. The first kappa shape index (κ1) is 12.8. The molecular formula is C13H21NO2. The predicted molar refractivity (Wildman–Crippen MR) is 64.9 cm³/mol. The molecule has 3 nitrogen and oxygen atoms in total. The third-order valence-corrected chi connectivity index (χ3v) is 2.87. The third kappa shape index (κ3) is 2.65. The second-order valence-electron chi connectivity index (χ2n) is 4.74. The third-order valence-electron chi connectivity index (χ3n) is 2.87. The molecule has 16 heavy (non-hydrogen) atoms. The van der Waals surface area contributed by atoms with E-state index in [1.807, 2.05) is 10.6 Å². The fourth-order valence-corrected chi connectivity index (χ4v) is 1.95. The SMILES string of the molecule is CC[C@H](C)n1c(CC(C)C)ccc1C(=O)O. The first-order chi connectivity index (χ1) is 7.47. The summed E-state index contributed by atoms with van der Waals surface area (Å²) in [4.78, 5) is 11.1. The lowest BCUT2D eigenvalue weighted by molar-refractivity contribution is 0.0682. The van der Waals surface area contributed by atoms with E-state index in [2.05, 4.69) is 27.7 Å². The molecular weight excluding hydrogens is 202 g/mol. The van der Waals surface area contributed by atoms with E-state index >= 15 is 0 Å². The van der Waals surface area contributed by atoms with E-state index in [0.29, 0.717) is 11.6 Å². The molecule has 90 valence electrons. The molecule has 0 unspecified atom stereocenters. The van der Waals surface area contributed by atoms with Gasteiger partial charge in [-0.1, -0.05) is 20.8 Å². The summed E-state index contributed by atoms with van der Waals surface area (Å²) in [5, 5.41) is 9.14. The van der Waals surface area contributed by atoms with Crippen LogP contribution in [0.5, 0.6) is 0 Å². The number of aromatic nitrogens is 1. The van der Waals surface area contributed by atoms with Gasteiger partial charge in [-0.25, -0.2) is 4.79 Å². The number of hydrogen-bond acceptors (Lipinski definition) is 1. The van der Waals surface area contributed by atoms with Crippen LogP contribution in [0.25, 0.3) is 0 Å². The molecule has 1 aromatic heterocycles. The number of nitrogens with zero attached hydrogens (tertiary/aromatic N) is 1. The minimum atomic E-state index is -0.838. The van der Waals surface area contributed by atoms with Gasteiger partial charge in [0, 0.05) is 11.7 Å². The second kappa shape index (κ2) is 5.19. The highest BCUT2D eigenvalue weighted by Gasteiger charge is 2.17. The number of carboxylic acid groups (broad SMARTS) is 1. The minimum absolute atomic E-state index is 0.245. The molecule has 0 radical (unpaired) electrons. The Hall–Kier alpha value is -1.25. The van der Waals surface area contributed by atoms with Gasteiger partial charge in [-0.05, 0) is 37.8 Å². The number of aromatic carboxylic acids is 1. The highest BCUT2D eigenvalue weighted by molar-refractivity contribution is 5.86. The maximum Gasteiger partial charge on any atom is 0.352 e. The molecule has 1 aromatic rings. The van der Waals surface area contributed by atoms with Gasteiger partial charge in [-0.15, -0.1) is 0 Å². The summed E-state index contributed by atoms with van der Waals surface area (Å²) < 4.78 is 1.96. The normalized spacial score (nSPS) is 13.1. The van der Waals surface area contributed by atoms with Crippen molar-refractivity contribution in [2.24, 2.45) is 5.92 Å². The number of rotatable bonds is 5. The molecule has 0 aliphatic carbocycles. The fraction of sp³-hybridized carbons (Fsp3) is 0.615. The molecule has 0 aliphatic heterocycles. The van der Waals surface area contributed by atoms with Gasteiger partial charge in [0.1, 0.15) is 5.69 Å². The standard InChI is InChI=1S/C13H21NO2/c1-5-10(4)14-11(8-9(2)3)6-7-12(14)13(15)16/h6-7,9-10H,5,8H2,1-4H3,(H,15,16)/t10-/m0/s1. The average Bonchev–Trinajstić information content (AvgIpc) is 2.59. The van der Waals surface area contributed by atoms with E-state index in [-0.39, 0.29) is 6.04 Å². The zero-order valence-electron chi connectivity index (χ0n) is 10.5. The summed E-state index contributed by atoms with van der Waals surface area (Å²) in [6, 6.07) is 3.90. The van der Waals surface area contributed by atoms with Crippen molar-refractivity contribution >= 4 is 5.97 Å². The highest BCUT2D eigenvalue weighted by Crippen LogP contribution is 2.21. The molecule has 0 spiro atoms. The fourth-order valence-electron chi connectivity index (χ4n) is 1.95. The van der Waals surface area contributed by atoms with Gasteiger partial charge >= 0.3 is 5.97 Å². The summed E-state index contributed by atoms with van der Waals surface area (Å²) >= 11 is 0. The summed E-state index contributed by atoms with van der Waals surface area (Å²) in [6.45, 7) is 8.44. The lowest BCUT2D eigenvalue weighted by Gasteiger charge is -2.19. The number of hydrogen-bond donors (Lipinski definition) is 1. The molecule has 0 bridgehead atoms. The molecule has 1 N–H and O–H groups in total. The largest absolute Gasteiger partial charge is 0.477 e. The van der Waals surface area contributed by atoms with Crippen molar-refractivity contribution < 1.29 is 9.90 Å². The summed E-state index contributed by atoms with van der Waals surface area (Å²) in [5.74, 6) is -0.297. The topological polar surface area (TPSA) is 42.2 Å². The molecule has 1 rings (SSSR count). The van der Waals surface area contributed by atoms with Crippen molar-refractivity contribution in [2.75, 3.05) is 0 Å². The van der Waals surface area contributed by atoms with Crippen molar-refractivity contribution in [1.82, 2.24) is 4.57 Å². The number of carbonyl (C=O) groups is 1. The zero-order chi connectivity index (χ0) is 12.3. The van der Waals surface area contributed by atoms with Crippen LogP contribution in [0, 0.1) is 5.92 Å². The molecule has 0 fully saturated rings. The van der Waals surface area contributed by atoms with Crippen molar-refractivity contribution in [3.8, 4) is 0 Å². The van der Waals surface area contributed by atoms with Gasteiger partial charge in [0.25, 0.3) is 0 Å². The van der Waals surface area contributed by atoms with Crippen LogP contribution < -0.4 is 0 Å². The predicted octanol–water partition coefficient (Wildman–Crippen LogP) is 3.36.